The van der Waals surface area contributed by atoms with Crippen molar-refractivity contribution in [2.75, 3.05) is 24.3 Å². The van der Waals surface area contributed by atoms with Gasteiger partial charge in [0.1, 0.15) is 0 Å². The topological polar surface area (TPSA) is 42.9 Å². The Morgan fingerprint density at radius 1 is 1.05 bits per heavy atom. The summed E-state index contributed by atoms with van der Waals surface area (Å²) >= 11 is 1.84. The highest BCUT2D eigenvalue weighted by Gasteiger charge is 2.38. The van der Waals surface area contributed by atoms with E-state index in [4.69, 9.17) is 14.5 Å². The van der Waals surface area contributed by atoms with Gasteiger partial charge < -0.3 is 14.8 Å². The van der Waals surface area contributed by atoms with Gasteiger partial charge in [0, 0.05) is 23.9 Å². The fraction of sp³-hybridized carbons (Fsp3) is 0.562. The van der Waals surface area contributed by atoms with Gasteiger partial charge in [0.15, 0.2) is 16.7 Å². The molecule has 0 bridgehead atoms. The Labute approximate surface area is 129 Å². The van der Waals surface area contributed by atoms with E-state index in [2.05, 4.69) is 5.32 Å². The Bertz CT molecular complexity index is 567. The van der Waals surface area contributed by atoms with Crippen LogP contribution >= 0.6 is 11.8 Å². The van der Waals surface area contributed by atoms with Crippen LogP contribution in [0.5, 0.6) is 11.5 Å². The highest BCUT2D eigenvalue weighted by Crippen LogP contribution is 2.41. The molecule has 2 aliphatic heterocycles. The Morgan fingerprint density at radius 3 is 2.71 bits per heavy atom. The van der Waals surface area contributed by atoms with Gasteiger partial charge in [0.25, 0.3) is 0 Å². The van der Waals surface area contributed by atoms with Crippen molar-refractivity contribution >= 4 is 22.6 Å². The van der Waals surface area contributed by atoms with E-state index in [1.54, 1.807) is 0 Å². The van der Waals surface area contributed by atoms with Crippen molar-refractivity contribution in [3.63, 3.8) is 0 Å². The van der Waals surface area contributed by atoms with Crippen LogP contribution in [-0.4, -0.2) is 29.7 Å². The molecule has 1 aromatic carbocycles. The largest absolute Gasteiger partial charge is 0.490 e. The van der Waals surface area contributed by atoms with Crippen molar-refractivity contribution in [1.82, 2.24) is 0 Å². The van der Waals surface area contributed by atoms with Crippen LogP contribution in [0.4, 0.5) is 5.69 Å². The molecule has 1 aliphatic carbocycles. The average molecular weight is 304 g/mol. The number of nitrogens with one attached hydrogen (secondary N) is 1. The molecule has 0 aromatic heterocycles. The first-order chi connectivity index (χ1) is 10.3. The lowest BCUT2D eigenvalue weighted by Crippen LogP contribution is -2.21. The predicted molar refractivity (Wildman–Crippen MR) is 86.8 cm³/mol. The Hall–Kier alpha value is -1.36. The molecule has 0 unspecified atom stereocenters. The zero-order chi connectivity index (χ0) is 14.1. The lowest BCUT2D eigenvalue weighted by atomic mass is 10.0. The van der Waals surface area contributed by atoms with Crippen LogP contribution in [0.2, 0.25) is 0 Å². The lowest BCUT2D eigenvalue weighted by Gasteiger charge is -2.16. The summed E-state index contributed by atoms with van der Waals surface area (Å²) in [5.41, 5.74) is 1.25. The first-order valence-corrected chi connectivity index (χ1v) is 8.71. The van der Waals surface area contributed by atoms with Crippen molar-refractivity contribution in [3.8, 4) is 11.5 Å². The molecule has 21 heavy (non-hydrogen) atoms. The summed E-state index contributed by atoms with van der Waals surface area (Å²) in [6.07, 6.45) is 6.06. The molecule has 112 valence electrons. The van der Waals surface area contributed by atoms with E-state index in [1.807, 2.05) is 30.0 Å². The fourth-order valence-electron chi connectivity index (χ4n) is 3.20. The molecular formula is C16H20N2O2S. The fourth-order valence-corrected chi connectivity index (χ4v) is 4.41. The maximum Gasteiger partial charge on any atom is 0.163 e. The van der Waals surface area contributed by atoms with Crippen molar-refractivity contribution in [3.05, 3.63) is 18.2 Å². The summed E-state index contributed by atoms with van der Waals surface area (Å²) in [7, 11) is 0. The van der Waals surface area contributed by atoms with Gasteiger partial charge in [-0.15, -0.1) is 0 Å². The van der Waals surface area contributed by atoms with Gasteiger partial charge in [-0.25, -0.2) is 0 Å². The predicted octanol–water partition coefficient (Wildman–Crippen LogP) is 3.68. The summed E-state index contributed by atoms with van der Waals surface area (Å²) in [5.74, 6) is 2.79. The zero-order valence-electron chi connectivity index (χ0n) is 12.1. The standard InChI is InChI=1S/C16H20N2O2S/c1-2-7-16(6-1)11-21-15(18-16)17-12-4-5-13-14(10-12)20-9-3-8-19-13/h4-5,10H,1-3,6-9,11H2,(H,17,18). The molecule has 5 heteroatoms. The molecule has 3 aliphatic rings. The number of thioether (sulfide) groups is 1. The van der Waals surface area contributed by atoms with Gasteiger partial charge in [-0.3, -0.25) is 4.99 Å². The SMILES string of the molecule is c1cc2c(cc1NC1=NC3(CCCC3)CS1)OCCCO2. The number of hydrogen-bond acceptors (Lipinski definition) is 5. The van der Waals surface area contributed by atoms with Gasteiger partial charge in [-0.1, -0.05) is 24.6 Å². The lowest BCUT2D eigenvalue weighted by molar-refractivity contribution is 0.297. The van der Waals surface area contributed by atoms with E-state index < -0.39 is 0 Å². The molecule has 0 saturated heterocycles. The molecule has 1 N–H and O–H groups in total. The quantitative estimate of drug-likeness (QED) is 0.859. The molecule has 1 aromatic rings. The summed E-state index contributed by atoms with van der Waals surface area (Å²) in [4.78, 5) is 4.94. The maximum atomic E-state index is 5.74. The molecule has 1 saturated carbocycles. The van der Waals surface area contributed by atoms with Crippen LogP contribution < -0.4 is 14.8 Å². The highest BCUT2D eigenvalue weighted by atomic mass is 32.2. The number of benzene rings is 1. The molecule has 0 radical (unpaired) electrons. The summed E-state index contributed by atoms with van der Waals surface area (Å²) < 4.78 is 11.4. The number of fused-ring (bicyclic) bond motifs is 1. The zero-order valence-corrected chi connectivity index (χ0v) is 12.9. The third-order valence-corrected chi connectivity index (χ3v) is 5.50. The first kappa shape index (κ1) is 13.3. The molecule has 4 rings (SSSR count). The number of nitrogens with zero attached hydrogens (tertiary/aromatic N) is 1. The van der Waals surface area contributed by atoms with Crippen LogP contribution in [0, 0.1) is 0 Å². The average Bonchev–Trinajstić information content (AvgIpc) is 3.04. The number of hydrogen-bond donors (Lipinski definition) is 1. The van der Waals surface area contributed by atoms with E-state index in [1.165, 1.54) is 25.7 Å². The van der Waals surface area contributed by atoms with E-state index in [9.17, 15) is 0 Å². The van der Waals surface area contributed by atoms with Crippen molar-refractivity contribution in [2.45, 2.75) is 37.6 Å². The number of anilines is 1. The first-order valence-electron chi connectivity index (χ1n) is 7.72. The minimum Gasteiger partial charge on any atom is -0.490 e. The smallest absolute Gasteiger partial charge is 0.163 e. The van der Waals surface area contributed by atoms with Gasteiger partial charge >= 0.3 is 0 Å². The summed E-state index contributed by atoms with van der Waals surface area (Å²) in [6.45, 7) is 1.44. The second-order valence-corrected chi connectivity index (χ2v) is 6.94. The number of rotatable bonds is 1. The van der Waals surface area contributed by atoms with Gasteiger partial charge in [-0.05, 0) is 25.0 Å². The van der Waals surface area contributed by atoms with Crippen molar-refractivity contribution in [1.29, 1.82) is 0 Å². The molecule has 4 nitrogen and oxygen atoms in total. The Kier molecular flexibility index (Phi) is 3.45. The van der Waals surface area contributed by atoms with Crippen LogP contribution in [0.25, 0.3) is 0 Å². The number of aliphatic imine (C=N–C) groups is 1. The normalized spacial score (nSPS) is 23.0. The number of amidine groups is 1. The maximum absolute atomic E-state index is 5.74. The Balaban J connectivity index is 1.51. The second kappa shape index (κ2) is 5.44. The molecule has 0 amide bonds. The van der Waals surface area contributed by atoms with E-state index >= 15 is 0 Å². The van der Waals surface area contributed by atoms with Crippen molar-refractivity contribution < 1.29 is 9.47 Å². The minimum absolute atomic E-state index is 0.221. The monoisotopic (exact) mass is 304 g/mol. The molecule has 0 atom stereocenters. The van der Waals surface area contributed by atoms with Crippen LogP contribution in [0.15, 0.2) is 23.2 Å². The van der Waals surface area contributed by atoms with Gasteiger partial charge in [0.05, 0.1) is 18.8 Å². The Morgan fingerprint density at radius 2 is 1.86 bits per heavy atom. The molecular weight excluding hydrogens is 284 g/mol. The van der Waals surface area contributed by atoms with Gasteiger partial charge in [0.2, 0.25) is 0 Å². The number of ether oxygens (including phenoxy) is 2. The summed E-state index contributed by atoms with van der Waals surface area (Å²) in [6, 6.07) is 6.04. The third-order valence-electron chi connectivity index (χ3n) is 4.35. The highest BCUT2D eigenvalue weighted by molar-refractivity contribution is 8.14. The van der Waals surface area contributed by atoms with Crippen LogP contribution in [-0.2, 0) is 0 Å². The van der Waals surface area contributed by atoms with E-state index in [-0.39, 0.29) is 5.54 Å². The molecule has 1 spiro atoms. The molecule has 1 fully saturated rings. The van der Waals surface area contributed by atoms with Crippen molar-refractivity contribution in [2.24, 2.45) is 4.99 Å². The third kappa shape index (κ3) is 2.71. The molecule has 2 heterocycles. The minimum atomic E-state index is 0.221. The van der Waals surface area contributed by atoms with Crippen LogP contribution in [0.3, 0.4) is 0 Å². The van der Waals surface area contributed by atoms with Gasteiger partial charge in [-0.2, -0.15) is 0 Å². The second-order valence-electron chi connectivity index (χ2n) is 5.97. The van der Waals surface area contributed by atoms with E-state index in [0.717, 1.165) is 47.7 Å². The van der Waals surface area contributed by atoms with Crippen LogP contribution in [0.1, 0.15) is 32.1 Å². The summed E-state index contributed by atoms with van der Waals surface area (Å²) in [5, 5.41) is 4.49. The van der Waals surface area contributed by atoms with E-state index in [0.29, 0.717) is 0 Å².